The minimum absolute atomic E-state index is 0.0947. The lowest BCUT2D eigenvalue weighted by molar-refractivity contribution is -0.151. The SMILES string of the molecule is CCC1(C(=O)O)CCCN(S(=O)(=O)C(C)C(=O)OC)C1. The van der Waals surface area contributed by atoms with Crippen molar-refractivity contribution < 1.29 is 27.9 Å². The number of carbonyl (C=O) groups is 2. The Bertz CT molecular complexity index is 488. The fourth-order valence-corrected chi connectivity index (χ4v) is 4.03. The molecule has 0 aliphatic carbocycles. The van der Waals surface area contributed by atoms with Crippen molar-refractivity contribution >= 4 is 22.0 Å². The van der Waals surface area contributed by atoms with Gasteiger partial charge in [0.15, 0.2) is 5.25 Å². The summed E-state index contributed by atoms with van der Waals surface area (Å²) in [6.07, 6.45) is 1.26. The highest BCUT2D eigenvalue weighted by Crippen LogP contribution is 2.35. The van der Waals surface area contributed by atoms with E-state index in [9.17, 15) is 23.1 Å². The van der Waals surface area contributed by atoms with Gasteiger partial charge in [-0.15, -0.1) is 0 Å². The molecule has 7 nitrogen and oxygen atoms in total. The van der Waals surface area contributed by atoms with Crippen LogP contribution in [0, 0.1) is 5.41 Å². The maximum Gasteiger partial charge on any atom is 0.325 e. The zero-order valence-corrected chi connectivity index (χ0v) is 12.8. The quantitative estimate of drug-likeness (QED) is 0.740. The number of piperidine rings is 1. The number of methoxy groups -OCH3 is 1. The predicted molar refractivity (Wildman–Crippen MR) is 71.6 cm³/mol. The lowest BCUT2D eigenvalue weighted by Gasteiger charge is -2.39. The molecule has 0 aromatic carbocycles. The van der Waals surface area contributed by atoms with Gasteiger partial charge in [-0.3, -0.25) is 9.59 Å². The molecule has 1 rings (SSSR count). The molecule has 116 valence electrons. The predicted octanol–water partition coefficient (Wildman–Crippen LogP) is 0.455. The van der Waals surface area contributed by atoms with Crippen LogP contribution in [0.3, 0.4) is 0 Å². The first-order valence-corrected chi connectivity index (χ1v) is 8.02. The molecule has 1 N–H and O–H groups in total. The summed E-state index contributed by atoms with van der Waals surface area (Å²) in [6, 6.07) is 0. The Kier molecular flexibility index (Phi) is 5.15. The standard InChI is InChI=1S/C12H21NO6S/c1-4-12(11(15)16)6-5-7-13(8-12)20(17,18)9(2)10(14)19-3/h9H,4-8H2,1-3H3,(H,15,16). The molecule has 0 aromatic heterocycles. The van der Waals surface area contributed by atoms with Crippen LogP contribution in [-0.4, -0.2) is 55.2 Å². The highest BCUT2D eigenvalue weighted by Gasteiger charge is 2.46. The van der Waals surface area contributed by atoms with Gasteiger partial charge in [-0.25, -0.2) is 12.7 Å². The minimum Gasteiger partial charge on any atom is -0.481 e. The van der Waals surface area contributed by atoms with Crippen molar-refractivity contribution in [2.75, 3.05) is 20.2 Å². The summed E-state index contributed by atoms with van der Waals surface area (Å²) in [7, 11) is -2.77. The first kappa shape index (κ1) is 16.9. The van der Waals surface area contributed by atoms with E-state index >= 15 is 0 Å². The van der Waals surface area contributed by atoms with Gasteiger partial charge in [0, 0.05) is 13.1 Å². The third-order valence-corrected chi connectivity index (χ3v) is 6.13. The molecular formula is C12H21NO6S. The lowest BCUT2D eigenvalue weighted by atomic mass is 9.78. The van der Waals surface area contributed by atoms with Gasteiger partial charge in [0.25, 0.3) is 0 Å². The average Bonchev–Trinajstić information content (AvgIpc) is 2.45. The van der Waals surface area contributed by atoms with Crippen LogP contribution in [0.2, 0.25) is 0 Å². The lowest BCUT2D eigenvalue weighted by Crippen LogP contribution is -2.52. The number of aliphatic carboxylic acids is 1. The number of carboxylic acids is 1. The number of hydrogen-bond donors (Lipinski definition) is 1. The number of esters is 1. The highest BCUT2D eigenvalue weighted by atomic mass is 32.2. The van der Waals surface area contributed by atoms with E-state index < -0.39 is 32.6 Å². The molecule has 0 amide bonds. The van der Waals surface area contributed by atoms with Crippen molar-refractivity contribution in [3.8, 4) is 0 Å². The van der Waals surface area contributed by atoms with Crippen LogP contribution < -0.4 is 0 Å². The van der Waals surface area contributed by atoms with Crippen molar-refractivity contribution in [3.05, 3.63) is 0 Å². The third-order valence-electron chi connectivity index (χ3n) is 4.01. The Labute approximate surface area is 118 Å². The van der Waals surface area contributed by atoms with Crippen molar-refractivity contribution in [1.82, 2.24) is 4.31 Å². The molecule has 2 unspecified atom stereocenters. The maximum absolute atomic E-state index is 12.3. The van der Waals surface area contributed by atoms with E-state index in [0.29, 0.717) is 19.3 Å². The van der Waals surface area contributed by atoms with E-state index in [0.717, 1.165) is 11.4 Å². The molecule has 0 bridgehead atoms. The molecule has 8 heteroatoms. The van der Waals surface area contributed by atoms with E-state index in [-0.39, 0.29) is 13.1 Å². The van der Waals surface area contributed by atoms with Gasteiger partial charge in [0.2, 0.25) is 10.0 Å². The molecule has 20 heavy (non-hydrogen) atoms. The first-order chi connectivity index (χ1) is 9.21. The van der Waals surface area contributed by atoms with Crippen molar-refractivity contribution in [2.45, 2.75) is 38.4 Å². The molecule has 1 heterocycles. The number of rotatable bonds is 5. The number of carbonyl (C=O) groups excluding carboxylic acids is 1. The summed E-state index contributed by atoms with van der Waals surface area (Å²) >= 11 is 0. The molecule has 0 saturated carbocycles. The third kappa shape index (κ3) is 2.95. The Morgan fingerprint density at radius 2 is 2.05 bits per heavy atom. The second-order valence-electron chi connectivity index (χ2n) is 5.09. The smallest absolute Gasteiger partial charge is 0.325 e. The molecule has 1 aliphatic rings. The van der Waals surface area contributed by atoms with Gasteiger partial charge in [0.05, 0.1) is 12.5 Å². The van der Waals surface area contributed by atoms with Gasteiger partial charge in [0.1, 0.15) is 0 Å². The summed E-state index contributed by atoms with van der Waals surface area (Å²) in [6.45, 7) is 3.12. The van der Waals surface area contributed by atoms with Crippen LogP contribution in [0.1, 0.15) is 33.1 Å². The zero-order chi connectivity index (χ0) is 15.6. The molecule has 1 aliphatic heterocycles. The summed E-state index contributed by atoms with van der Waals surface area (Å²) in [5.41, 5.74) is -1.07. The minimum atomic E-state index is -3.89. The zero-order valence-electron chi connectivity index (χ0n) is 12.0. The monoisotopic (exact) mass is 307 g/mol. The Morgan fingerprint density at radius 1 is 1.45 bits per heavy atom. The van der Waals surface area contributed by atoms with Gasteiger partial charge in [-0.2, -0.15) is 0 Å². The molecule has 1 fully saturated rings. The van der Waals surface area contributed by atoms with Crippen LogP contribution in [0.4, 0.5) is 0 Å². The average molecular weight is 307 g/mol. The van der Waals surface area contributed by atoms with Gasteiger partial charge in [-0.05, 0) is 26.2 Å². The van der Waals surface area contributed by atoms with Crippen LogP contribution in [-0.2, 0) is 24.3 Å². The van der Waals surface area contributed by atoms with E-state index in [1.807, 2.05) is 0 Å². The molecule has 2 atom stereocenters. The van der Waals surface area contributed by atoms with Gasteiger partial charge < -0.3 is 9.84 Å². The van der Waals surface area contributed by atoms with Crippen LogP contribution in [0.15, 0.2) is 0 Å². The topological polar surface area (TPSA) is 101 Å². The normalized spacial score (nSPS) is 25.9. The second kappa shape index (κ2) is 6.09. The maximum atomic E-state index is 12.3. The van der Waals surface area contributed by atoms with E-state index in [1.165, 1.54) is 6.92 Å². The van der Waals surface area contributed by atoms with Crippen LogP contribution in [0.5, 0.6) is 0 Å². The summed E-state index contributed by atoms with van der Waals surface area (Å²) < 4.78 is 30.2. The van der Waals surface area contributed by atoms with E-state index in [4.69, 9.17) is 0 Å². The number of hydrogen-bond acceptors (Lipinski definition) is 5. The Hall–Kier alpha value is -1.15. The fraction of sp³-hybridized carbons (Fsp3) is 0.833. The van der Waals surface area contributed by atoms with E-state index in [1.54, 1.807) is 6.92 Å². The molecule has 0 spiro atoms. The summed E-state index contributed by atoms with van der Waals surface area (Å²) in [4.78, 5) is 22.8. The molecule has 1 saturated heterocycles. The van der Waals surface area contributed by atoms with Crippen LogP contribution >= 0.6 is 0 Å². The Morgan fingerprint density at radius 3 is 2.50 bits per heavy atom. The number of carboxylic acid groups (broad SMARTS) is 1. The second-order valence-corrected chi connectivity index (χ2v) is 7.34. The molecule has 0 radical (unpaired) electrons. The summed E-state index contributed by atoms with van der Waals surface area (Å²) in [5, 5.41) is 8.03. The molecule has 0 aromatic rings. The number of ether oxygens (including phenoxy) is 1. The molecular weight excluding hydrogens is 286 g/mol. The van der Waals surface area contributed by atoms with Crippen molar-refractivity contribution in [1.29, 1.82) is 0 Å². The number of sulfonamides is 1. The van der Waals surface area contributed by atoms with Crippen molar-refractivity contribution in [2.24, 2.45) is 5.41 Å². The summed E-state index contributed by atoms with van der Waals surface area (Å²) in [5.74, 6) is -1.83. The number of nitrogens with zero attached hydrogens (tertiary/aromatic N) is 1. The first-order valence-electron chi connectivity index (χ1n) is 6.51. The largest absolute Gasteiger partial charge is 0.481 e. The highest BCUT2D eigenvalue weighted by molar-refractivity contribution is 7.90. The van der Waals surface area contributed by atoms with E-state index in [2.05, 4.69) is 4.74 Å². The Balaban J connectivity index is 3.02. The fourth-order valence-electron chi connectivity index (χ4n) is 2.43. The van der Waals surface area contributed by atoms with Crippen LogP contribution in [0.25, 0.3) is 0 Å². The van der Waals surface area contributed by atoms with Gasteiger partial charge in [-0.1, -0.05) is 6.92 Å². The van der Waals surface area contributed by atoms with Crippen molar-refractivity contribution in [3.63, 3.8) is 0 Å². The van der Waals surface area contributed by atoms with Gasteiger partial charge >= 0.3 is 11.9 Å².